The van der Waals surface area contributed by atoms with Crippen LogP contribution in [0, 0.1) is 5.92 Å². The van der Waals surface area contributed by atoms with E-state index < -0.39 is 0 Å². The molecule has 2 heterocycles. The van der Waals surface area contributed by atoms with Gasteiger partial charge in [-0.1, -0.05) is 19.9 Å². The number of fused-ring (bicyclic) bond motifs is 1. The van der Waals surface area contributed by atoms with Gasteiger partial charge in [0, 0.05) is 23.9 Å². The Labute approximate surface area is 150 Å². The number of methoxy groups -OCH3 is 1. The largest absolute Gasteiger partial charge is 0.497 e. The number of anilines is 2. The van der Waals surface area contributed by atoms with Crippen molar-refractivity contribution in [2.75, 3.05) is 23.9 Å². The van der Waals surface area contributed by atoms with E-state index in [9.17, 15) is 9.59 Å². The van der Waals surface area contributed by atoms with Crippen LogP contribution in [0.15, 0.2) is 23.6 Å². The lowest BCUT2D eigenvalue weighted by Crippen LogP contribution is -2.30. The Hall–Kier alpha value is -2.41. The maximum Gasteiger partial charge on any atom is 0.233 e. The Balaban J connectivity index is 1.68. The Kier molecular flexibility index (Phi) is 5.03. The predicted molar refractivity (Wildman–Crippen MR) is 98.3 cm³/mol. The average Bonchev–Trinajstić information content (AvgIpc) is 3.20. The molecule has 0 saturated carbocycles. The Morgan fingerprint density at radius 1 is 1.40 bits per heavy atom. The number of ether oxygens (including phenoxy) is 1. The maximum absolute atomic E-state index is 12.7. The van der Waals surface area contributed by atoms with Crippen LogP contribution in [0.4, 0.5) is 10.8 Å². The van der Waals surface area contributed by atoms with Crippen molar-refractivity contribution >= 4 is 34.0 Å². The number of carbonyl (C=O) groups is 2. The summed E-state index contributed by atoms with van der Waals surface area (Å²) in [5.74, 6) is 0.558. The summed E-state index contributed by atoms with van der Waals surface area (Å²) in [5, 5.41) is 5.11. The fourth-order valence-corrected chi connectivity index (χ4v) is 3.40. The highest BCUT2D eigenvalue weighted by Crippen LogP contribution is 2.32. The van der Waals surface area contributed by atoms with Crippen LogP contribution in [-0.2, 0) is 22.4 Å². The molecular weight excluding hydrogens is 338 g/mol. The highest BCUT2D eigenvalue weighted by molar-refractivity contribution is 7.13. The first kappa shape index (κ1) is 17.4. The summed E-state index contributed by atoms with van der Waals surface area (Å²) in [6, 6.07) is 5.82. The molecule has 0 aliphatic carbocycles. The Morgan fingerprint density at radius 3 is 2.92 bits per heavy atom. The minimum Gasteiger partial charge on any atom is -0.497 e. The molecular formula is C18H21N3O3S. The maximum atomic E-state index is 12.7. The third-order valence-corrected chi connectivity index (χ3v) is 4.93. The number of hydrogen-bond donors (Lipinski definition) is 1. The van der Waals surface area contributed by atoms with Crippen LogP contribution in [0.25, 0.3) is 0 Å². The van der Waals surface area contributed by atoms with Gasteiger partial charge in [-0.2, -0.15) is 0 Å². The molecule has 0 saturated heterocycles. The zero-order valence-corrected chi connectivity index (χ0v) is 15.4. The van der Waals surface area contributed by atoms with Gasteiger partial charge in [0.05, 0.1) is 24.9 Å². The van der Waals surface area contributed by atoms with Crippen LogP contribution in [0.5, 0.6) is 5.75 Å². The minimum atomic E-state index is -0.106. The van der Waals surface area contributed by atoms with Crippen LogP contribution in [0.1, 0.15) is 25.1 Å². The number of carbonyl (C=O) groups excluding carboxylic acids is 2. The van der Waals surface area contributed by atoms with E-state index in [1.807, 2.05) is 37.4 Å². The first-order valence-corrected chi connectivity index (χ1v) is 9.08. The zero-order chi connectivity index (χ0) is 18.0. The second-order valence-corrected chi connectivity index (χ2v) is 7.11. The monoisotopic (exact) mass is 359 g/mol. The van der Waals surface area contributed by atoms with Crippen molar-refractivity contribution in [1.29, 1.82) is 0 Å². The first-order chi connectivity index (χ1) is 12.0. The van der Waals surface area contributed by atoms with E-state index in [-0.39, 0.29) is 24.2 Å². The van der Waals surface area contributed by atoms with Crippen molar-refractivity contribution in [2.45, 2.75) is 26.7 Å². The SMILES string of the molecule is COc1ccc2c(c1)N(C(=O)Cc1csc(NC(=O)C(C)C)n1)CC2. The molecule has 1 aliphatic heterocycles. The van der Waals surface area contributed by atoms with Gasteiger partial charge in [0.1, 0.15) is 5.75 Å². The van der Waals surface area contributed by atoms with Gasteiger partial charge in [-0.15, -0.1) is 11.3 Å². The summed E-state index contributed by atoms with van der Waals surface area (Å²) in [5.41, 5.74) is 2.73. The smallest absolute Gasteiger partial charge is 0.233 e. The predicted octanol–water partition coefficient (Wildman–Crippen LogP) is 2.88. The number of aromatic nitrogens is 1. The first-order valence-electron chi connectivity index (χ1n) is 8.20. The summed E-state index contributed by atoms with van der Waals surface area (Å²) in [4.78, 5) is 30.5. The molecule has 0 radical (unpaired) electrons. The van der Waals surface area contributed by atoms with Crippen LogP contribution in [0.3, 0.4) is 0 Å². The molecule has 25 heavy (non-hydrogen) atoms. The highest BCUT2D eigenvalue weighted by atomic mass is 32.1. The number of nitrogens with zero attached hydrogens (tertiary/aromatic N) is 2. The van der Waals surface area contributed by atoms with Gasteiger partial charge in [-0.3, -0.25) is 9.59 Å². The lowest BCUT2D eigenvalue weighted by atomic mass is 10.1. The van der Waals surface area contributed by atoms with Gasteiger partial charge in [-0.05, 0) is 18.1 Å². The highest BCUT2D eigenvalue weighted by Gasteiger charge is 2.25. The topological polar surface area (TPSA) is 71.5 Å². The molecule has 2 amide bonds. The standard InChI is InChI=1S/C18H21N3O3S/c1-11(2)17(23)20-18-19-13(10-25-18)8-16(22)21-7-6-12-4-5-14(24-3)9-15(12)21/h4-5,9-11H,6-8H2,1-3H3,(H,19,20,23). The third kappa shape index (κ3) is 3.82. The summed E-state index contributed by atoms with van der Waals surface area (Å²) in [6.07, 6.45) is 1.06. The van der Waals surface area contributed by atoms with E-state index in [1.54, 1.807) is 12.0 Å². The molecule has 0 unspecified atom stereocenters. The van der Waals surface area contributed by atoms with Crippen molar-refractivity contribution in [3.05, 3.63) is 34.8 Å². The molecule has 1 aliphatic rings. The Morgan fingerprint density at radius 2 is 2.20 bits per heavy atom. The fraction of sp³-hybridized carbons (Fsp3) is 0.389. The van der Waals surface area contributed by atoms with E-state index in [0.29, 0.717) is 17.4 Å². The summed E-state index contributed by atoms with van der Waals surface area (Å²) >= 11 is 1.34. The number of rotatable bonds is 5. The minimum absolute atomic E-state index is 0.000890. The molecule has 1 aromatic heterocycles. The zero-order valence-electron chi connectivity index (χ0n) is 14.5. The van der Waals surface area contributed by atoms with Gasteiger partial charge >= 0.3 is 0 Å². The fourth-order valence-electron chi connectivity index (χ4n) is 2.69. The van der Waals surface area contributed by atoms with Gasteiger partial charge in [-0.25, -0.2) is 4.98 Å². The Bertz CT molecular complexity index is 801. The molecule has 6 nitrogen and oxygen atoms in total. The normalized spacial score (nSPS) is 13.0. The van der Waals surface area contributed by atoms with Crippen molar-refractivity contribution < 1.29 is 14.3 Å². The van der Waals surface area contributed by atoms with E-state index in [4.69, 9.17) is 4.74 Å². The third-order valence-electron chi connectivity index (χ3n) is 4.13. The number of benzene rings is 1. The number of amides is 2. The van der Waals surface area contributed by atoms with Crippen molar-refractivity contribution in [2.24, 2.45) is 5.92 Å². The molecule has 1 N–H and O–H groups in total. The molecule has 7 heteroatoms. The van der Waals surface area contributed by atoms with Crippen molar-refractivity contribution in [3.63, 3.8) is 0 Å². The quantitative estimate of drug-likeness (QED) is 0.891. The van der Waals surface area contributed by atoms with E-state index in [0.717, 1.165) is 23.4 Å². The van der Waals surface area contributed by atoms with Gasteiger partial charge in [0.15, 0.2) is 5.13 Å². The second kappa shape index (κ2) is 7.23. The molecule has 0 spiro atoms. The van der Waals surface area contributed by atoms with Crippen LogP contribution in [-0.4, -0.2) is 30.5 Å². The second-order valence-electron chi connectivity index (χ2n) is 6.25. The lowest BCUT2D eigenvalue weighted by Gasteiger charge is -2.17. The molecule has 1 aromatic carbocycles. The number of hydrogen-bond acceptors (Lipinski definition) is 5. The van der Waals surface area contributed by atoms with Crippen molar-refractivity contribution in [3.8, 4) is 5.75 Å². The molecule has 132 valence electrons. The lowest BCUT2D eigenvalue weighted by molar-refractivity contribution is -0.119. The molecule has 0 fully saturated rings. The van der Waals surface area contributed by atoms with Gasteiger partial charge in [0.2, 0.25) is 11.8 Å². The van der Waals surface area contributed by atoms with Crippen molar-refractivity contribution in [1.82, 2.24) is 4.98 Å². The summed E-state index contributed by atoms with van der Waals surface area (Å²) in [7, 11) is 1.62. The van der Waals surface area contributed by atoms with Crippen LogP contribution < -0.4 is 15.0 Å². The molecule has 0 bridgehead atoms. The summed E-state index contributed by atoms with van der Waals surface area (Å²) < 4.78 is 5.26. The van der Waals surface area contributed by atoms with E-state index in [2.05, 4.69) is 10.3 Å². The van der Waals surface area contributed by atoms with Gasteiger partial charge in [0.25, 0.3) is 0 Å². The van der Waals surface area contributed by atoms with E-state index in [1.165, 1.54) is 11.3 Å². The average molecular weight is 359 g/mol. The molecule has 0 atom stereocenters. The number of thiazole rings is 1. The van der Waals surface area contributed by atoms with Crippen LogP contribution >= 0.6 is 11.3 Å². The summed E-state index contributed by atoms with van der Waals surface area (Å²) in [6.45, 7) is 4.32. The van der Waals surface area contributed by atoms with Crippen LogP contribution in [0.2, 0.25) is 0 Å². The van der Waals surface area contributed by atoms with Gasteiger partial charge < -0.3 is 15.0 Å². The number of nitrogens with one attached hydrogen (secondary N) is 1. The molecule has 3 rings (SSSR count). The van der Waals surface area contributed by atoms with E-state index >= 15 is 0 Å². The molecule has 2 aromatic rings.